The largest absolute Gasteiger partial charge is 0.274 e. The fourth-order valence-corrected chi connectivity index (χ4v) is 4.66. The Morgan fingerprint density at radius 2 is 1.28 bits per heavy atom. The minimum absolute atomic E-state index is 0.0206. The highest BCUT2D eigenvalue weighted by Gasteiger charge is 2.48. The van der Waals surface area contributed by atoms with Crippen molar-refractivity contribution < 1.29 is 9.59 Å². The minimum Gasteiger partial charge on any atom is -0.274 e. The molecule has 2 atom stereocenters. The van der Waals surface area contributed by atoms with Crippen molar-refractivity contribution in [1.82, 2.24) is 0 Å². The Kier molecular flexibility index (Phi) is 4.57. The van der Waals surface area contributed by atoms with Crippen LogP contribution in [0.1, 0.15) is 25.7 Å². The fraction of sp³-hybridized carbons (Fsp3) is 0.300. The molecule has 4 rings (SSSR count). The third-order valence-electron chi connectivity index (χ3n) is 4.99. The average molecular weight is 372 g/mol. The lowest BCUT2D eigenvalue weighted by Gasteiger charge is -2.19. The Morgan fingerprint density at radius 1 is 0.800 bits per heavy atom. The van der Waals surface area contributed by atoms with Gasteiger partial charge in [-0.3, -0.25) is 14.5 Å². The van der Waals surface area contributed by atoms with E-state index < -0.39 is 0 Å². The van der Waals surface area contributed by atoms with E-state index >= 15 is 0 Å². The summed E-state index contributed by atoms with van der Waals surface area (Å²) in [6, 6.07) is 15.3. The van der Waals surface area contributed by atoms with Crippen LogP contribution in [0.2, 0.25) is 5.02 Å². The van der Waals surface area contributed by atoms with E-state index in [1.165, 1.54) is 4.90 Å². The van der Waals surface area contributed by atoms with Gasteiger partial charge >= 0.3 is 0 Å². The van der Waals surface area contributed by atoms with E-state index in [4.69, 9.17) is 11.6 Å². The van der Waals surface area contributed by atoms with E-state index in [-0.39, 0.29) is 23.7 Å². The second-order valence-electron chi connectivity index (χ2n) is 6.56. The van der Waals surface area contributed by atoms with Crippen molar-refractivity contribution in [2.45, 2.75) is 35.5 Å². The maximum Gasteiger partial charge on any atom is 0.237 e. The number of hydrogen-bond donors (Lipinski definition) is 0. The van der Waals surface area contributed by atoms with Gasteiger partial charge in [-0.2, -0.15) is 0 Å². The molecule has 1 aliphatic heterocycles. The summed E-state index contributed by atoms with van der Waals surface area (Å²) in [6.45, 7) is 0. The van der Waals surface area contributed by atoms with E-state index in [1.807, 2.05) is 48.5 Å². The molecule has 3 nitrogen and oxygen atoms in total. The first-order valence-corrected chi connectivity index (χ1v) is 9.74. The lowest BCUT2D eigenvalue weighted by Crippen LogP contribution is -2.30. The molecule has 1 aliphatic carbocycles. The molecule has 0 N–H and O–H groups in total. The Morgan fingerprint density at radius 3 is 1.80 bits per heavy atom. The Hall–Kier alpha value is -1.78. The van der Waals surface area contributed by atoms with Crippen LogP contribution in [0, 0.1) is 11.8 Å². The van der Waals surface area contributed by atoms with Crippen molar-refractivity contribution in [2.75, 3.05) is 4.90 Å². The predicted molar refractivity (Wildman–Crippen MR) is 100.0 cm³/mol. The molecule has 0 radical (unpaired) electrons. The third-order valence-corrected chi connectivity index (χ3v) is 6.25. The Balaban J connectivity index is 1.53. The number of nitrogens with zero attached hydrogens (tertiary/aromatic N) is 1. The van der Waals surface area contributed by atoms with E-state index in [2.05, 4.69) is 0 Å². The smallest absolute Gasteiger partial charge is 0.237 e. The summed E-state index contributed by atoms with van der Waals surface area (Å²) in [7, 11) is 0. The molecule has 0 bridgehead atoms. The standard InChI is InChI=1S/C20H18ClNO2S/c21-13-5-9-15(10-6-13)25-16-11-7-14(8-12-16)22-19(23)17-3-1-2-4-18(17)20(22)24/h5-12,17-18H,1-4H2/t17-,18-/m0/s1. The highest BCUT2D eigenvalue weighted by molar-refractivity contribution is 7.99. The highest BCUT2D eigenvalue weighted by atomic mass is 35.5. The molecular weight excluding hydrogens is 354 g/mol. The van der Waals surface area contributed by atoms with Gasteiger partial charge < -0.3 is 0 Å². The monoisotopic (exact) mass is 371 g/mol. The molecule has 0 spiro atoms. The first-order chi connectivity index (χ1) is 12.1. The molecule has 0 aromatic heterocycles. The van der Waals surface area contributed by atoms with Crippen LogP contribution in [0.4, 0.5) is 5.69 Å². The van der Waals surface area contributed by atoms with Gasteiger partial charge in [0.2, 0.25) is 11.8 Å². The highest BCUT2D eigenvalue weighted by Crippen LogP contribution is 2.40. The SMILES string of the molecule is O=C1[C@H]2CCCC[C@@H]2C(=O)N1c1ccc(Sc2ccc(Cl)cc2)cc1. The zero-order valence-electron chi connectivity index (χ0n) is 13.7. The number of hydrogen-bond acceptors (Lipinski definition) is 3. The summed E-state index contributed by atoms with van der Waals surface area (Å²) < 4.78 is 0. The molecule has 25 heavy (non-hydrogen) atoms. The number of amides is 2. The number of anilines is 1. The number of fused-ring (bicyclic) bond motifs is 1. The van der Waals surface area contributed by atoms with Crippen LogP contribution in [-0.4, -0.2) is 11.8 Å². The molecule has 1 saturated carbocycles. The fourth-order valence-electron chi connectivity index (χ4n) is 3.72. The molecular formula is C20H18ClNO2S. The van der Waals surface area contributed by atoms with Crippen molar-refractivity contribution in [3.05, 3.63) is 53.6 Å². The van der Waals surface area contributed by atoms with Crippen molar-refractivity contribution >= 4 is 40.9 Å². The number of benzene rings is 2. The molecule has 128 valence electrons. The summed E-state index contributed by atoms with van der Waals surface area (Å²) in [5, 5.41) is 0.715. The molecule has 5 heteroatoms. The number of carbonyl (C=O) groups excluding carboxylic acids is 2. The van der Waals surface area contributed by atoms with Gasteiger partial charge in [-0.15, -0.1) is 0 Å². The Bertz CT molecular complexity index is 779. The van der Waals surface area contributed by atoms with Crippen molar-refractivity contribution in [2.24, 2.45) is 11.8 Å². The second-order valence-corrected chi connectivity index (χ2v) is 8.14. The van der Waals surface area contributed by atoms with Gasteiger partial charge in [0, 0.05) is 14.8 Å². The van der Waals surface area contributed by atoms with Crippen LogP contribution in [0.25, 0.3) is 0 Å². The van der Waals surface area contributed by atoms with Crippen molar-refractivity contribution in [3.8, 4) is 0 Å². The van der Waals surface area contributed by atoms with E-state index in [0.717, 1.165) is 35.5 Å². The molecule has 2 fully saturated rings. The van der Waals surface area contributed by atoms with Gasteiger partial charge in [0.1, 0.15) is 0 Å². The lowest BCUT2D eigenvalue weighted by molar-refractivity contribution is -0.122. The minimum atomic E-state index is -0.107. The van der Waals surface area contributed by atoms with Crippen molar-refractivity contribution in [1.29, 1.82) is 0 Å². The van der Waals surface area contributed by atoms with Gasteiger partial charge in [0.15, 0.2) is 0 Å². The topological polar surface area (TPSA) is 37.4 Å². The van der Waals surface area contributed by atoms with E-state index in [1.54, 1.807) is 11.8 Å². The first kappa shape index (κ1) is 16.7. The van der Waals surface area contributed by atoms with Gasteiger partial charge in [-0.25, -0.2) is 0 Å². The van der Waals surface area contributed by atoms with Crippen LogP contribution in [0.5, 0.6) is 0 Å². The van der Waals surface area contributed by atoms with E-state index in [0.29, 0.717) is 10.7 Å². The molecule has 1 heterocycles. The Labute approximate surface area is 156 Å². The normalized spacial score (nSPS) is 23.0. The van der Waals surface area contributed by atoms with E-state index in [9.17, 15) is 9.59 Å². The van der Waals surface area contributed by atoms with Gasteiger partial charge in [-0.1, -0.05) is 36.2 Å². The summed E-state index contributed by atoms with van der Waals surface area (Å²) >= 11 is 7.53. The van der Waals surface area contributed by atoms with Gasteiger partial charge in [-0.05, 0) is 61.4 Å². The third kappa shape index (κ3) is 3.21. The molecule has 1 saturated heterocycles. The molecule has 2 aliphatic rings. The average Bonchev–Trinajstić information content (AvgIpc) is 2.89. The van der Waals surface area contributed by atoms with Crippen molar-refractivity contribution in [3.63, 3.8) is 0 Å². The summed E-state index contributed by atoms with van der Waals surface area (Å²) in [5.74, 6) is -0.255. The summed E-state index contributed by atoms with van der Waals surface area (Å²) in [6.07, 6.45) is 3.78. The molecule has 2 aromatic carbocycles. The van der Waals surface area contributed by atoms with Gasteiger partial charge in [0.05, 0.1) is 17.5 Å². The first-order valence-electron chi connectivity index (χ1n) is 8.55. The second kappa shape index (κ2) is 6.85. The number of rotatable bonds is 3. The summed E-state index contributed by atoms with van der Waals surface area (Å²) in [4.78, 5) is 28.8. The number of imide groups is 1. The van der Waals surface area contributed by atoms with Gasteiger partial charge in [0.25, 0.3) is 0 Å². The maximum atomic E-state index is 12.6. The predicted octanol–water partition coefficient (Wildman–Crippen LogP) is 5.17. The van der Waals surface area contributed by atoms with Crippen LogP contribution in [0.3, 0.4) is 0 Å². The quantitative estimate of drug-likeness (QED) is 0.698. The molecule has 2 aromatic rings. The number of halogens is 1. The van der Waals surface area contributed by atoms with Crippen LogP contribution < -0.4 is 4.90 Å². The van der Waals surface area contributed by atoms with Crippen LogP contribution in [0.15, 0.2) is 58.3 Å². The van der Waals surface area contributed by atoms with Crippen LogP contribution in [-0.2, 0) is 9.59 Å². The van der Waals surface area contributed by atoms with Crippen LogP contribution >= 0.6 is 23.4 Å². The zero-order chi connectivity index (χ0) is 17.4. The lowest BCUT2D eigenvalue weighted by atomic mass is 9.81. The maximum absolute atomic E-state index is 12.6. The molecule has 0 unspecified atom stereocenters. The molecule has 2 amide bonds. The number of carbonyl (C=O) groups is 2. The summed E-state index contributed by atoms with van der Waals surface area (Å²) in [5.41, 5.74) is 0.685. The zero-order valence-corrected chi connectivity index (χ0v) is 15.2.